The Morgan fingerprint density at radius 3 is 2.65 bits per heavy atom. The van der Waals surface area contributed by atoms with Gasteiger partial charge in [-0.2, -0.15) is 0 Å². The molecule has 0 saturated carbocycles. The van der Waals surface area contributed by atoms with Gasteiger partial charge in [0, 0.05) is 5.92 Å². The Morgan fingerprint density at radius 2 is 2.04 bits per heavy atom. The highest BCUT2D eigenvalue weighted by Crippen LogP contribution is 2.26. The molecule has 7 heteroatoms. The summed E-state index contributed by atoms with van der Waals surface area (Å²) >= 11 is 0. The monoisotopic (exact) mass is 320 g/mol. The van der Waals surface area contributed by atoms with Gasteiger partial charge in [-0.25, -0.2) is 14.2 Å². The molecule has 122 valence electrons. The van der Waals surface area contributed by atoms with Crippen molar-refractivity contribution in [3.8, 4) is 0 Å². The molecular weight excluding hydrogens is 303 g/mol. The van der Waals surface area contributed by atoms with Crippen molar-refractivity contribution < 1.29 is 23.1 Å². The summed E-state index contributed by atoms with van der Waals surface area (Å²) in [4.78, 5) is 28.1. The van der Waals surface area contributed by atoms with Crippen LogP contribution < -0.4 is 5.32 Å². The van der Waals surface area contributed by atoms with Crippen LogP contribution in [0.3, 0.4) is 0 Å². The van der Waals surface area contributed by atoms with E-state index in [1.54, 1.807) is 6.92 Å². The number of aryl methyl sites for hydroxylation is 1. The standard InChI is InChI=1S/C16H17FN2O4/c1-8(2)14-13(18-7-23-14)15(20)19-12-10(17)6-5-9(3)11(12)16(21)22-4/h5-8H,1-4H3,(H,19,20). The lowest BCUT2D eigenvalue weighted by atomic mass is 10.1. The highest BCUT2D eigenvalue weighted by Gasteiger charge is 2.24. The smallest absolute Gasteiger partial charge is 0.340 e. The van der Waals surface area contributed by atoms with Crippen LogP contribution in [0.5, 0.6) is 0 Å². The van der Waals surface area contributed by atoms with E-state index < -0.39 is 17.7 Å². The van der Waals surface area contributed by atoms with Crippen molar-refractivity contribution in [3.63, 3.8) is 0 Å². The Kier molecular flexibility index (Phi) is 4.78. The molecule has 0 aliphatic rings. The van der Waals surface area contributed by atoms with Crippen molar-refractivity contribution in [2.75, 3.05) is 12.4 Å². The van der Waals surface area contributed by atoms with E-state index in [0.29, 0.717) is 11.3 Å². The van der Waals surface area contributed by atoms with Gasteiger partial charge in [-0.05, 0) is 18.6 Å². The number of anilines is 1. The van der Waals surface area contributed by atoms with Crippen molar-refractivity contribution in [3.05, 3.63) is 46.9 Å². The minimum atomic E-state index is -0.737. The molecule has 1 amide bonds. The lowest BCUT2D eigenvalue weighted by molar-refractivity contribution is 0.0600. The molecule has 0 aliphatic heterocycles. The number of ether oxygens (including phenoxy) is 1. The number of benzene rings is 1. The van der Waals surface area contributed by atoms with Gasteiger partial charge >= 0.3 is 5.97 Å². The van der Waals surface area contributed by atoms with Crippen LogP contribution in [-0.4, -0.2) is 24.0 Å². The Morgan fingerprint density at radius 1 is 1.35 bits per heavy atom. The number of nitrogens with zero attached hydrogens (tertiary/aromatic N) is 1. The van der Waals surface area contributed by atoms with E-state index >= 15 is 0 Å². The summed E-state index contributed by atoms with van der Waals surface area (Å²) < 4.78 is 24.0. The summed E-state index contributed by atoms with van der Waals surface area (Å²) in [7, 11) is 1.19. The average molecular weight is 320 g/mol. The van der Waals surface area contributed by atoms with Crippen molar-refractivity contribution in [2.24, 2.45) is 0 Å². The van der Waals surface area contributed by atoms with Gasteiger partial charge in [0.15, 0.2) is 12.1 Å². The first-order valence-electron chi connectivity index (χ1n) is 6.99. The van der Waals surface area contributed by atoms with E-state index in [9.17, 15) is 14.0 Å². The molecule has 0 bridgehead atoms. The Hall–Kier alpha value is -2.70. The molecule has 6 nitrogen and oxygen atoms in total. The lowest BCUT2D eigenvalue weighted by Crippen LogP contribution is -2.19. The first-order chi connectivity index (χ1) is 10.9. The number of rotatable bonds is 4. The van der Waals surface area contributed by atoms with Gasteiger partial charge in [0.2, 0.25) is 0 Å². The SMILES string of the molecule is COC(=O)c1c(C)ccc(F)c1NC(=O)c1ncoc1C(C)C. The zero-order valence-corrected chi connectivity index (χ0v) is 13.3. The van der Waals surface area contributed by atoms with Gasteiger partial charge in [-0.1, -0.05) is 19.9 Å². The molecule has 2 rings (SSSR count). The van der Waals surface area contributed by atoms with Crippen LogP contribution >= 0.6 is 0 Å². The second kappa shape index (κ2) is 6.60. The number of hydrogen-bond donors (Lipinski definition) is 1. The molecule has 1 heterocycles. The summed E-state index contributed by atoms with van der Waals surface area (Å²) in [6.45, 7) is 5.30. The van der Waals surface area contributed by atoms with Gasteiger partial charge in [-0.15, -0.1) is 0 Å². The van der Waals surface area contributed by atoms with E-state index in [1.807, 2.05) is 13.8 Å². The molecule has 1 N–H and O–H groups in total. The Labute approximate surface area is 132 Å². The zero-order chi connectivity index (χ0) is 17.1. The average Bonchev–Trinajstić information content (AvgIpc) is 3.00. The molecule has 0 spiro atoms. The second-order valence-electron chi connectivity index (χ2n) is 5.28. The van der Waals surface area contributed by atoms with E-state index in [2.05, 4.69) is 15.0 Å². The number of carbonyl (C=O) groups is 2. The Bertz CT molecular complexity index is 753. The van der Waals surface area contributed by atoms with E-state index in [4.69, 9.17) is 4.42 Å². The number of methoxy groups -OCH3 is 1. The van der Waals surface area contributed by atoms with Crippen LogP contribution in [0.25, 0.3) is 0 Å². The molecule has 2 aromatic rings. The van der Waals surface area contributed by atoms with Gasteiger partial charge < -0.3 is 14.5 Å². The largest absolute Gasteiger partial charge is 0.465 e. The van der Waals surface area contributed by atoms with Crippen LogP contribution in [-0.2, 0) is 4.74 Å². The highest BCUT2D eigenvalue weighted by molar-refractivity contribution is 6.08. The lowest BCUT2D eigenvalue weighted by Gasteiger charge is -2.13. The summed E-state index contributed by atoms with van der Waals surface area (Å²) in [5.74, 6) is -1.81. The van der Waals surface area contributed by atoms with Crippen molar-refractivity contribution in [1.29, 1.82) is 0 Å². The minimum Gasteiger partial charge on any atom is -0.465 e. The predicted octanol–water partition coefficient (Wildman–Crippen LogP) is 3.28. The second-order valence-corrected chi connectivity index (χ2v) is 5.28. The zero-order valence-electron chi connectivity index (χ0n) is 13.3. The molecule has 0 fully saturated rings. The maximum absolute atomic E-state index is 14.1. The molecule has 0 unspecified atom stereocenters. The Balaban J connectivity index is 2.44. The van der Waals surface area contributed by atoms with Gasteiger partial charge in [-0.3, -0.25) is 4.79 Å². The number of carbonyl (C=O) groups excluding carboxylic acids is 2. The van der Waals surface area contributed by atoms with Crippen LogP contribution in [0.2, 0.25) is 0 Å². The number of hydrogen-bond acceptors (Lipinski definition) is 5. The normalized spacial score (nSPS) is 10.7. The number of amides is 1. The summed E-state index contributed by atoms with van der Waals surface area (Å²) in [6, 6.07) is 2.61. The third-order valence-corrected chi connectivity index (χ3v) is 3.33. The maximum Gasteiger partial charge on any atom is 0.340 e. The van der Waals surface area contributed by atoms with Crippen LogP contribution in [0, 0.1) is 12.7 Å². The summed E-state index contributed by atoms with van der Waals surface area (Å²) in [6.07, 6.45) is 1.15. The van der Waals surface area contributed by atoms with Crippen molar-refractivity contribution >= 4 is 17.6 Å². The number of nitrogens with one attached hydrogen (secondary N) is 1. The molecule has 1 aromatic carbocycles. The van der Waals surface area contributed by atoms with E-state index in [0.717, 1.165) is 6.39 Å². The van der Waals surface area contributed by atoms with E-state index in [1.165, 1.54) is 19.2 Å². The van der Waals surface area contributed by atoms with Crippen molar-refractivity contribution in [2.45, 2.75) is 26.7 Å². The minimum absolute atomic E-state index is 0.0320. The number of oxazole rings is 1. The fourth-order valence-electron chi connectivity index (χ4n) is 2.18. The summed E-state index contributed by atoms with van der Waals surface area (Å²) in [5, 5.41) is 2.40. The molecule has 23 heavy (non-hydrogen) atoms. The van der Waals surface area contributed by atoms with Crippen LogP contribution in [0.15, 0.2) is 22.9 Å². The molecular formula is C16H17FN2O4. The highest BCUT2D eigenvalue weighted by atomic mass is 19.1. The first kappa shape index (κ1) is 16.7. The predicted molar refractivity (Wildman–Crippen MR) is 81.0 cm³/mol. The first-order valence-corrected chi connectivity index (χ1v) is 6.99. The summed E-state index contributed by atoms with van der Waals surface area (Å²) in [5.41, 5.74) is 0.268. The van der Waals surface area contributed by atoms with Crippen LogP contribution in [0.4, 0.5) is 10.1 Å². The molecule has 0 saturated heterocycles. The van der Waals surface area contributed by atoms with Gasteiger partial charge in [0.25, 0.3) is 5.91 Å². The fraction of sp³-hybridized carbons (Fsp3) is 0.312. The van der Waals surface area contributed by atoms with Crippen LogP contribution in [0.1, 0.15) is 51.9 Å². The molecule has 0 radical (unpaired) electrons. The fourth-order valence-corrected chi connectivity index (χ4v) is 2.18. The number of esters is 1. The molecule has 0 aliphatic carbocycles. The van der Waals surface area contributed by atoms with Gasteiger partial charge in [0.05, 0.1) is 18.4 Å². The maximum atomic E-state index is 14.1. The molecule has 0 atom stereocenters. The quantitative estimate of drug-likeness (QED) is 0.874. The van der Waals surface area contributed by atoms with Crippen molar-refractivity contribution in [1.82, 2.24) is 4.98 Å². The third-order valence-electron chi connectivity index (χ3n) is 3.33. The molecule has 1 aromatic heterocycles. The number of aromatic nitrogens is 1. The topological polar surface area (TPSA) is 81.4 Å². The van der Waals surface area contributed by atoms with Gasteiger partial charge in [0.1, 0.15) is 11.6 Å². The number of halogens is 1. The third kappa shape index (κ3) is 3.23. The van der Waals surface area contributed by atoms with E-state index in [-0.39, 0.29) is 22.9 Å².